The summed E-state index contributed by atoms with van der Waals surface area (Å²) in [6, 6.07) is 17.7. The number of aliphatic hydroxyl groups excluding tert-OH is 1. The molecule has 0 saturated heterocycles. The second kappa shape index (κ2) is 7.49. The fraction of sp³-hybridized carbons (Fsp3) is 0.250. The molecule has 4 nitrogen and oxygen atoms in total. The summed E-state index contributed by atoms with van der Waals surface area (Å²) in [6.45, 7) is -0.878. The van der Waals surface area contributed by atoms with Crippen molar-refractivity contribution in [3.8, 4) is 17.0 Å². The van der Waals surface area contributed by atoms with Gasteiger partial charge in [0.2, 0.25) is 0 Å². The third-order valence-electron chi connectivity index (χ3n) is 3.96. The molecule has 0 bridgehead atoms. The van der Waals surface area contributed by atoms with Crippen LogP contribution in [0.2, 0.25) is 0 Å². The summed E-state index contributed by atoms with van der Waals surface area (Å²) in [5.74, 6) is 0.588. The van der Waals surface area contributed by atoms with Gasteiger partial charge in [-0.05, 0) is 36.4 Å². The van der Waals surface area contributed by atoms with Crippen LogP contribution in [0.1, 0.15) is 0 Å². The van der Waals surface area contributed by atoms with E-state index in [1.807, 2.05) is 38.4 Å². The molecule has 0 aliphatic carbocycles. The average Bonchev–Trinajstić information content (AvgIpc) is 2.65. The summed E-state index contributed by atoms with van der Waals surface area (Å²) in [4.78, 5) is 6.75. The van der Waals surface area contributed by atoms with Crippen LogP contribution in [0.25, 0.3) is 22.2 Å². The number of pyridine rings is 1. The van der Waals surface area contributed by atoms with Crippen molar-refractivity contribution in [2.75, 3.05) is 32.3 Å². The first kappa shape index (κ1) is 17.2. The number of fused-ring (bicyclic) bond motifs is 1. The molecular weight excluding hydrogens is 318 g/mol. The monoisotopic (exact) mass is 339 g/mol. The highest BCUT2D eigenvalue weighted by Crippen LogP contribution is 2.25. The molecule has 1 aromatic heterocycles. The van der Waals surface area contributed by atoms with Crippen molar-refractivity contribution in [3.05, 3.63) is 54.6 Å². The largest absolute Gasteiger partial charge is 0.491 e. The van der Waals surface area contributed by atoms with Crippen LogP contribution in [0.15, 0.2) is 54.6 Å². The molecule has 130 valence electrons. The number of hydrogen-bond donors (Lipinski definition) is 1. The molecule has 0 saturated carbocycles. The number of anilines is 1. The van der Waals surface area contributed by atoms with Gasteiger partial charge in [0.1, 0.15) is 25.1 Å². The molecule has 0 spiro atoms. The zero-order valence-electron chi connectivity index (χ0n) is 14.3. The molecule has 0 aliphatic rings. The zero-order valence-corrected chi connectivity index (χ0v) is 14.3. The van der Waals surface area contributed by atoms with Crippen LogP contribution < -0.4 is 9.64 Å². The maximum Gasteiger partial charge on any atom is 0.120 e. The predicted molar refractivity (Wildman–Crippen MR) is 99.0 cm³/mol. The van der Waals surface area contributed by atoms with E-state index in [1.165, 1.54) is 0 Å². The number of benzene rings is 2. The molecule has 0 aliphatic heterocycles. The molecule has 3 aromatic rings. The SMILES string of the molecule is CN(C)c1ccc(-c2ccc3cc(OCC(O)C[18F])ccc3n2)cc1. The molecule has 1 unspecified atom stereocenters. The van der Waals surface area contributed by atoms with Crippen LogP contribution in [-0.4, -0.2) is 43.6 Å². The van der Waals surface area contributed by atoms with E-state index < -0.39 is 12.8 Å². The van der Waals surface area contributed by atoms with Crippen LogP contribution >= 0.6 is 0 Å². The van der Waals surface area contributed by atoms with E-state index in [0.717, 1.165) is 27.8 Å². The van der Waals surface area contributed by atoms with E-state index in [-0.39, 0.29) is 6.61 Å². The number of alkyl halides is 1. The standard InChI is InChI=1S/C20H21FN2O2/c1-23(2)16-6-3-14(4-7-16)19-9-5-15-11-18(8-10-20(15)22-19)25-13-17(24)12-21/h3-11,17,24H,12-13H2,1-2H3/i21-1. The van der Waals surface area contributed by atoms with Crippen molar-refractivity contribution in [3.63, 3.8) is 0 Å². The van der Waals surface area contributed by atoms with Crippen molar-refractivity contribution < 1.29 is 14.2 Å². The van der Waals surface area contributed by atoms with Crippen molar-refractivity contribution in [1.82, 2.24) is 4.98 Å². The van der Waals surface area contributed by atoms with E-state index >= 15 is 0 Å². The van der Waals surface area contributed by atoms with E-state index in [4.69, 9.17) is 9.72 Å². The van der Waals surface area contributed by atoms with Gasteiger partial charge >= 0.3 is 0 Å². The van der Waals surface area contributed by atoms with Crippen LogP contribution in [0.3, 0.4) is 0 Å². The van der Waals surface area contributed by atoms with Gasteiger partial charge in [-0.3, -0.25) is 0 Å². The number of ether oxygens (including phenoxy) is 1. The number of rotatable bonds is 6. The molecule has 0 fully saturated rings. The first-order valence-electron chi connectivity index (χ1n) is 8.12. The Balaban J connectivity index is 1.82. The molecule has 1 heterocycles. The van der Waals surface area contributed by atoms with Gasteiger partial charge in [0, 0.05) is 30.7 Å². The summed E-state index contributed by atoms with van der Waals surface area (Å²) >= 11 is 0. The molecule has 2 aromatic carbocycles. The van der Waals surface area contributed by atoms with Gasteiger partial charge in [-0.15, -0.1) is 0 Å². The Morgan fingerprint density at radius 2 is 1.84 bits per heavy atom. The summed E-state index contributed by atoms with van der Waals surface area (Å²) in [6.07, 6.45) is -1.10. The Hall–Kier alpha value is -2.66. The highest BCUT2D eigenvalue weighted by molar-refractivity contribution is 5.83. The lowest BCUT2D eigenvalue weighted by Gasteiger charge is -2.13. The van der Waals surface area contributed by atoms with E-state index in [1.54, 1.807) is 6.07 Å². The molecule has 0 radical (unpaired) electrons. The van der Waals surface area contributed by atoms with Gasteiger partial charge in [-0.25, -0.2) is 9.37 Å². The summed E-state index contributed by atoms with van der Waals surface area (Å²) in [5, 5.41) is 10.2. The van der Waals surface area contributed by atoms with Crippen LogP contribution in [0.4, 0.5) is 10.1 Å². The van der Waals surface area contributed by atoms with Crippen molar-refractivity contribution in [2.45, 2.75) is 6.10 Å². The minimum Gasteiger partial charge on any atom is -0.491 e. The van der Waals surface area contributed by atoms with Gasteiger partial charge < -0.3 is 14.7 Å². The average molecular weight is 339 g/mol. The minimum atomic E-state index is -1.10. The minimum absolute atomic E-state index is 0.0637. The fourth-order valence-electron chi connectivity index (χ4n) is 2.52. The number of aliphatic hydroxyl groups is 1. The maximum absolute atomic E-state index is 12.3. The Bertz CT molecular complexity index is 850. The number of nitrogens with zero attached hydrogens (tertiary/aromatic N) is 2. The quantitative estimate of drug-likeness (QED) is 0.744. The van der Waals surface area contributed by atoms with Gasteiger partial charge in [0.25, 0.3) is 0 Å². The second-order valence-corrected chi connectivity index (χ2v) is 6.11. The Kier molecular flexibility index (Phi) is 5.14. The highest BCUT2D eigenvalue weighted by atomic mass is 18.2. The number of hydrogen-bond acceptors (Lipinski definition) is 4. The normalized spacial score (nSPS) is 12.2. The fourth-order valence-corrected chi connectivity index (χ4v) is 2.52. The summed E-state index contributed by atoms with van der Waals surface area (Å²) in [5.41, 5.74) is 3.95. The number of halogens is 1. The molecule has 1 atom stereocenters. The number of aromatic nitrogens is 1. The smallest absolute Gasteiger partial charge is 0.120 e. The molecule has 25 heavy (non-hydrogen) atoms. The van der Waals surface area contributed by atoms with Gasteiger partial charge in [-0.2, -0.15) is 0 Å². The molecule has 3 rings (SSSR count). The Morgan fingerprint density at radius 1 is 1.08 bits per heavy atom. The molecule has 0 amide bonds. The lowest BCUT2D eigenvalue weighted by atomic mass is 10.1. The van der Waals surface area contributed by atoms with E-state index in [9.17, 15) is 9.50 Å². The molecular formula is C20H21FN2O2. The first-order chi connectivity index (χ1) is 12.1. The Labute approximate surface area is 146 Å². The third-order valence-corrected chi connectivity index (χ3v) is 3.96. The van der Waals surface area contributed by atoms with Gasteiger partial charge in [0.15, 0.2) is 0 Å². The van der Waals surface area contributed by atoms with Crippen molar-refractivity contribution in [2.24, 2.45) is 0 Å². The lowest BCUT2D eigenvalue weighted by Crippen LogP contribution is -2.19. The predicted octanol–water partition coefficient (Wildman–Crippen LogP) is 3.68. The topological polar surface area (TPSA) is 45.6 Å². The van der Waals surface area contributed by atoms with Gasteiger partial charge in [0.05, 0.1) is 11.2 Å². The van der Waals surface area contributed by atoms with Crippen LogP contribution in [-0.2, 0) is 0 Å². The summed E-state index contributed by atoms with van der Waals surface area (Å²) in [7, 11) is 4.02. The molecule has 1 N–H and O–H groups in total. The van der Waals surface area contributed by atoms with Gasteiger partial charge in [-0.1, -0.05) is 18.2 Å². The van der Waals surface area contributed by atoms with Crippen molar-refractivity contribution in [1.29, 1.82) is 0 Å². The highest BCUT2D eigenvalue weighted by Gasteiger charge is 2.06. The second-order valence-electron chi connectivity index (χ2n) is 6.11. The first-order valence-corrected chi connectivity index (χ1v) is 8.12. The van der Waals surface area contributed by atoms with Crippen molar-refractivity contribution >= 4 is 16.6 Å². The Morgan fingerprint density at radius 3 is 2.52 bits per heavy atom. The van der Waals surface area contributed by atoms with Crippen LogP contribution in [0.5, 0.6) is 5.75 Å². The van der Waals surface area contributed by atoms with E-state index in [2.05, 4.69) is 29.2 Å². The third kappa shape index (κ3) is 4.06. The lowest BCUT2D eigenvalue weighted by molar-refractivity contribution is 0.0842. The summed E-state index contributed by atoms with van der Waals surface area (Å²) < 4.78 is 17.7. The van der Waals surface area contributed by atoms with Crippen LogP contribution in [0, 0.1) is 0 Å². The zero-order chi connectivity index (χ0) is 17.8. The maximum atomic E-state index is 12.3. The molecule has 5 heteroatoms. The van der Waals surface area contributed by atoms with E-state index in [0.29, 0.717) is 5.75 Å².